The molecule has 5 heterocycles. The highest BCUT2D eigenvalue weighted by Crippen LogP contribution is 2.24. The van der Waals surface area contributed by atoms with E-state index in [1.165, 1.54) is 0 Å². The van der Waals surface area contributed by atoms with Gasteiger partial charge in [-0.2, -0.15) is 0 Å². The first-order chi connectivity index (χ1) is 13.2. The number of H-pyrrole nitrogens is 2. The predicted molar refractivity (Wildman–Crippen MR) is 114 cm³/mol. The zero-order valence-corrected chi connectivity index (χ0v) is 15.0. The summed E-state index contributed by atoms with van der Waals surface area (Å²) in [6.07, 6.45) is 9.99. The fourth-order valence-corrected chi connectivity index (χ4v) is 3.50. The average Bonchev–Trinajstić information content (AvgIpc) is 3.41. The van der Waals surface area contributed by atoms with E-state index in [4.69, 9.17) is 9.97 Å². The molecule has 0 unspecified atom stereocenters. The second-order valence-corrected chi connectivity index (χ2v) is 6.73. The van der Waals surface area contributed by atoms with E-state index in [9.17, 15) is 0 Å². The summed E-state index contributed by atoms with van der Waals surface area (Å²) >= 11 is 0. The van der Waals surface area contributed by atoms with Crippen LogP contribution in [0.3, 0.4) is 0 Å². The zero-order valence-electron chi connectivity index (χ0n) is 15.0. The third kappa shape index (κ3) is 2.81. The topological polar surface area (TPSA) is 57.4 Å². The first kappa shape index (κ1) is 15.6. The van der Waals surface area contributed by atoms with Gasteiger partial charge in [0.2, 0.25) is 0 Å². The van der Waals surface area contributed by atoms with Crippen LogP contribution >= 0.6 is 0 Å². The first-order valence-electron chi connectivity index (χ1n) is 8.88. The van der Waals surface area contributed by atoms with Crippen LogP contribution in [0.25, 0.3) is 52.4 Å². The Balaban J connectivity index is 1.90. The van der Waals surface area contributed by atoms with Crippen molar-refractivity contribution >= 4 is 52.4 Å². The summed E-state index contributed by atoms with van der Waals surface area (Å²) < 4.78 is 0. The molecule has 0 spiro atoms. The lowest BCUT2D eigenvalue weighted by molar-refractivity contribution is 1.31. The molecule has 2 aliphatic heterocycles. The van der Waals surface area contributed by atoms with Gasteiger partial charge >= 0.3 is 0 Å². The minimum atomic E-state index is 0.913. The predicted octanol–water partition coefficient (Wildman–Crippen LogP) is 5.61. The van der Waals surface area contributed by atoms with Gasteiger partial charge in [-0.1, -0.05) is 12.7 Å². The number of hydrogen-bond acceptors (Lipinski definition) is 2. The Morgan fingerprint density at radius 1 is 0.741 bits per heavy atom. The summed E-state index contributed by atoms with van der Waals surface area (Å²) in [4.78, 5) is 16.3. The van der Waals surface area contributed by atoms with E-state index in [2.05, 4.69) is 41.7 Å². The van der Waals surface area contributed by atoms with Gasteiger partial charge in [0, 0.05) is 27.6 Å². The van der Waals surface area contributed by atoms with Crippen LogP contribution in [0.4, 0.5) is 0 Å². The Bertz CT molecular complexity index is 1300. The van der Waals surface area contributed by atoms with E-state index in [0.29, 0.717) is 0 Å². The standard InChI is InChI=1S/C23H18N4/c1-3-21-14(2)22-12-19-8-6-17(25-19)10-15-4-5-16(24-15)11-18-7-9-20(26-18)13-23(21)27-22/h3-13,24,27H,1H2,2H3. The molecule has 0 saturated heterocycles. The van der Waals surface area contributed by atoms with Crippen molar-refractivity contribution in [1.82, 2.24) is 19.9 Å². The molecule has 8 bridgehead atoms. The Hall–Kier alpha value is -3.66. The highest BCUT2D eigenvalue weighted by molar-refractivity contribution is 5.84. The number of aromatic amines is 2. The van der Waals surface area contributed by atoms with E-state index < -0.39 is 0 Å². The number of nitrogens with zero attached hydrogens (tertiary/aromatic N) is 2. The lowest BCUT2D eigenvalue weighted by atomic mass is 10.1. The molecule has 5 rings (SSSR count). The van der Waals surface area contributed by atoms with Crippen LogP contribution in [0.5, 0.6) is 0 Å². The summed E-state index contributed by atoms with van der Waals surface area (Å²) in [5.74, 6) is 0. The number of rotatable bonds is 1. The van der Waals surface area contributed by atoms with Gasteiger partial charge in [-0.25, -0.2) is 9.97 Å². The van der Waals surface area contributed by atoms with Gasteiger partial charge in [0.1, 0.15) is 0 Å². The van der Waals surface area contributed by atoms with Crippen molar-refractivity contribution < 1.29 is 0 Å². The second kappa shape index (κ2) is 5.95. The number of aryl methyl sites for hydroxylation is 1. The molecule has 0 atom stereocenters. The Morgan fingerprint density at radius 3 is 1.81 bits per heavy atom. The van der Waals surface area contributed by atoms with Crippen molar-refractivity contribution in [2.45, 2.75) is 6.92 Å². The Labute approximate surface area is 156 Å². The molecule has 27 heavy (non-hydrogen) atoms. The van der Waals surface area contributed by atoms with Crippen LogP contribution < -0.4 is 0 Å². The average molecular weight is 350 g/mol. The molecule has 0 aliphatic carbocycles. The summed E-state index contributed by atoms with van der Waals surface area (Å²) in [5.41, 5.74) is 10.0. The highest BCUT2D eigenvalue weighted by Gasteiger charge is 2.07. The third-order valence-corrected chi connectivity index (χ3v) is 4.86. The molecule has 0 radical (unpaired) electrons. The normalized spacial score (nSPS) is 12.5. The van der Waals surface area contributed by atoms with Crippen molar-refractivity contribution in [2.75, 3.05) is 0 Å². The van der Waals surface area contributed by atoms with Crippen LogP contribution in [0.2, 0.25) is 0 Å². The fourth-order valence-electron chi connectivity index (χ4n) is 3.50. The van der Waals surface area contributed by atoms with E-state index >= 15 is 0 Å². The maximum atomic E-state index is 4.71. The molecule has 3 aromatic heterocycles. The number of nitrogens with one attached hydrogen (secondary N) is 2. The third-order valence-electron chi connectivity index (χ3n) is 4.86. The van der Waals surface area contributed by atoms with Crippen molar-refractivity contribution in [2.24, 2.45) is 0 Å². The largest absolute Gasteiger partial charge is 0.355 e. The second-order valence-electron chi connectivity index (χ2n) is 6.73. The molecule has 0 amide bonds. The van der Waals surface area contributed by atoms with E-state index in [1.54, 1.807) is 0 Å². The molecular weight excluding hydrogens is 332 g/mol. The van der Waals surface area contributed by atoms with Gasteiger partial charge in [0.05, 0.1) is 22.8 Å². The van der Waals surface area contributed by atoms with Crippen LogP contribution in [0.1, 0.15) is 33.9 Å². The molecule has 2 aliphatic rings. The summed E-state index contributed by atoms with van der Waals surface area (Å²) in [5, 5.41) is 0. The zero-order chi connectivity index (χ0) is 18.4. The van der Waals surface area contributed by atoms with Gasteiger partial charge in [0.15, 0.2) is 0 Å². The van der Waals surface area contributed by atoms with Gasteiger partial charge < -0.3 is 9.97 Å². The van der Waals surface area contributed by atoms with Gasteiger partial charge in [-0.05, 0) is 73.2 Å². The molecule has 0 fully saturated rings. The van der Waals surface area contributed by atoms with E-state index in [1.807, 2.05) is 48.6 Å². The van der Waals surface area contributed by atoms with Crippen LogP contribution in [0, 0.1) is 6.92 Å². The molecule has 3 aromatic rings. The van der Waals surface area contributed by atoms with Gasteiger partial charge in [-0.15, -0.1) is 0 Å². The number of aromatic nitrogens is 4. The van der Waals surface area contributed by atoms with Crippen molar-refractivity contribution in [3.63, 3.8) is 0 Å². The van der Waals surface area contributed by atoms with Crippen LogP contribution in [-0.2, 0) is 0 Å². The maximum Gasteiger partial charge on any atom is 0.0658 e. The van der Waals surface area contributed by atoms with Crippen molar-refractivity contribution in [3.8, 4) is 0 Å². The maximum absolute atomic E-state index is 4.71. The minimum absolute atomic E-state index is 0.913. The number of fused-ring (bicyclic) bond motifs is 8. The van der Waals surface area contributed by atoms with Gasteiger partial charge in [-0.3, -0.25) is 0 Å². The van der Waals surface area contributed by atoms with E-state index in [0.717, 1.165) is 56.0 Å². The summed E-state index contributed by atoms with van der Waals surface area (Å²) in [7, 11) is 0. The first-order valence-corrected chi connectivity index (χ1v) is 8.88. The summed E-state index contributed by atoms with van der Waals surface area (Å²) in [6.45, 7) is 6.07. The molecule has 130 valence electrons. The van der Waals surface area contributed by atoms with Gasteiger partial charge in [0.25, 0.3) is 0 Å². The quantitative estimate of drug-likeness (QED) is 0.413. The molecule has 0 saturated carbocycles. The monoisotopic (exact) mass is 350 g/mol. The SMILES string of the molecule is C=Cc1c(C)c2cc3nc(cc4ccc(cc5nc(cc1[nH]2)C=C5)[nH]4)C=C3. The molecule has 0 aromatic carbocycles. The Kier molecular flexibility index (Phi) is 3.44. The van der Waals surface area contributed by atoms with Crippen molar-refractivity contribution in [1.29, 1.82) is 0 Å². The Morgan fingerprint density at radius 2 is 1.26 bits per heavy atom. The van der Waals surface area contributed by atoms with Crippen LogP contribution in [-0.4, -0.2) is 19.9 Å². The highest BCUT2D eigenvalue weighted by atomic mass is 14.8. The lowest BCUT2D eigenvalue weighted by Crippen LogP contribution is -1.75. The fraction of sp³-hybridized carbons (Fsp3) is 0.0435. The van der Waals surface area contributed by atoms with Crippen LogP contribution in [0.15, 0.2) is 43.0 Å². The minimum Gasteiger partial charge on any atom is -0.355 e. The molecular formula is C23H18N4. The number of hydrogen-bond donors (Lipinski definition) is 2. The molecule has 4 nitrogen and oxygen atoms in total. The van der Waals surface area contributed by atoms with Crippen molar-refractivity contribution in [3.05, 3.63) is 76.9 Å². The van der Waals surface area contributed by atoms with E-state index in [-0.39, 0.29) is 0 Å². The molecule has 4 heteroatoms. The lowest BCUT2D eigenvalue weighted by Gasteiger charge is -1.90. The smallest absolute Gasteiger partial charge is 0.0658 e. The molecule has 2 N–H and O–H groups in total. The summed E-state index contributed by atoms with van der Waals surface area (Å²) in [6, 6.07) is 12.3.